The first-order valence-corrected chi connectivity index (χ1v) is 6.06. The molecule has 0 aliphatic heterocycles. The van der Waals surface area contributed by atoms with Gasteiger partial charge in [-0.15, -0.1) is 6.58 Å². The Labute approximate surface area is 102 Å². The van der Waals surface area contributed by atoms with Crippen molar-refractivity contribution in [1.82, 2.24) is 15.1 Å². The van der Waals surface area contributed by atoms with Gasteiger partial charge in [0.05, 0.1) is 23.0 Å². The maximum absolute atomic E-state index is 6.20. The monoisotopic (exact) mass is 241 g/mol. The molecule has 16 heavy (non-hydrogen) atoms. The van der Waals surface area contributed by atoms with Gasteiger partial charge < -0.3 is 5.32 Å². The van der Waals surface area contributed by atoms with Gasteiger partial charge in [-0.3, -0.25) is 4.68 Å². The first kappa shape index (κ1) is 13.3. The van der Waals surface area contributed by atoms with Crippen molar-refractivity contribution in [3.63, 3.8) is 0 Å². The number of halogens is 1. The zero-order valence-corrected chi connectivity index (χ0v) is 11.0. The van der Waals surface area contributed by atoms with Crippen LogP contribution in [0.2, 0.25) is 5.02 Å². The van der Waals surface area contributed by atoms with E-state index in [0.29, 0.717) is 6.04 Å². The zero-order chi connectivity index (χ0) is 12.1. The number of hydrogen-bond acceptors (Lipinski definition) is 2. The SMILES string of the molecule is C=CCC(NCC)c1c(Cl)cnn1C(C)C. The highest BCUT2D eigenvalue weighted by atomic mass is 35.5. The molecule has 0 saturated carbocycles. The lowest BCUT2D eigenvalue weighted by atomic mass is 10.1. The summed E-state index contributed by atoms with van der Waals surface area (Å²) in [4.78, 5) is 0. The molecule has 0 amide bonds. The van der Waals surface area contributed by atoms with Crippen molar-refractivity contribution in [1.29, 1.82) is 0 Å². The van der Waals surface area contributed by atoms with E-state index in [2.05, 4.69) is 37.8 Å². The van der Waals surface area contributed by atoms with E-state index in [4.69, 9.17) is 11.6 Å². The molecule has 0 aliphatic rings. The van der Waals surface area contributed by atoms with Crippen molar-refractivity contribution < 1.29 is 0 Å². The van der Waals surface area contributed by atoms with Gasteiger partial charge >= 0.3 is 0 Å². The Morgan fingerprint density at radius 3 is 2.81 bits per heavy atom. The van der Waals surface area contributed by atoms with Crippen LogP contribution in [0.4, 0.5) is 0 Å². The third-order valence-corrected chi connectivity index (χ3v) is 2.75. The molecule has 0 aliphatic carbocycles. The summed E-state index contributed by atoms with van der Waals surface area (Å²) in [6.07, 6.45) is 4.47. The highest BCUT2D eigenvalue weighted by Gasteiger charge is 2.19. The lowest BCUT2D eigenvalue weighted by Crippen LogP contribution is -2.24. The third kappa shape index (κ3) is 2.86. The van der Waals surface area contributed by atoms with E-state index in [1.54, 1.807) is 6.20 Å². The summed E-state index contributed by atoms with van der Waals surface area (Å²) >= 11 is 6.20. The molecule has 1 atom stereocenters. The fraction of sp³-hybridized carbons (Fsp3) is 0.583. The number of nitrogens with one attached hydrogen (secondary N) is 1. The van der Waals surface area contributed by atoms with Gasteiger partial charge in [-0.2, -0.15) is 5.10 Å². The molecule has 1 aromatic rings. The van der Waals surface area contributed by atoms with E-state index in [9.17, 15) is 0 Å². The van der Waals surface area contributed by atoms with Crippen LogP contribution in [0.15, 0.2) is 18.9 Å². The van der Waals surface area contributed by atoms with E-state index in [1.807, 2.05) is 10.8 Å². The molecule has 0 bridgehead atoms. The van der Waals surface area contributed by atoms with Gasteiger partial charge in [0.1, 0.15) is 0 Å². The largest absolute Gasteiger partial charge is 0.309 e. The van der Waals surface area contributed by atoms with E-state index in [0.717, 1.165) is 23.7 Å². The molecule has 4 heteroatoms. The lowest BCUT2D eigenvalue weighted by Gasteiger charge is -2.20. The fourth-order valence-electron chi connectivity index (χ4n) is 1.79. The Kier molecular flexibility index (Phi) is 5.03. The van der Waals surface area contributed by atoms with E-state index in [1.165, 1.54) is 0 Å². The van der Waals surface area contributed by atoms with Gasteiger partial charge in [0.15, 0.2) is 0 Å². The Bertz CT molecular complexity index is 344. The second kappa shape index (κ2) is 6.06. The molecule has 0 radical (unpaired) electrons. The number of rotatable bonds is 6. The number of nitrogens with zero attached hydrogens (tertiary/aromatic N) is 2. The molecule has 1 heterocycles. The predicted octanol–water partition coefficient (Wildman–Crippen LogP) is 3.34. The van der Waals surface area contributed by atoms with Crippen LogP contribution in [-0.2, 0) is 0 Å². The smallest absolute Gasteiger partial charge is 0.0834 e. The molecule has 0 fully saturated rings. The zero-order valence-electron chi connectivity index (χ0n) is 10.2. The van der Waals surface area contributed by atoms with Gasteiger partial charge in [-0.05, 0) is 26.8 Å². The molecular formula is C12H20ClN3. The molecule has 0 spiro atoms. The van der Waals surface area contributed by atoms with Gasteiger partial charge in [0, 0.05) is 6.04 Å². The fourth-order valence-corrected chi connectivity index (χ4v) is 2.05. The Morgan fingerprint density at radius 1 is 1.62 bits per heavy atom. The van der Waals surface area contributed by atoms with Crippen molar-refractivity contribution in [2.24, 2.45) is 0 Å². The lowest BCUT2D eigenvalue weighted by molar-refractivity contribution is 0.451. The first-order chi connectivity index (χ1) is 7.61. The van der Waals surface area contributed by atoms with Gasteiger partial charge in [0.2, 0.25) is 0 Å². The first-order valence-electron chi connectivity index (χ1n) is 5.69. The summed E-state index contributed by atoms with van der Waals surface area (Å²) in [7, 11) is 0. The molecule has 0 saturated heterocycles. The van der Waals surface area contributed by atoms with Crippen molar-refractivity contribution >= 4 is 11.6 Å². The molecule has 90 valence electrons. The van der Waals surface area contributed by atoms with Crippen LogP contribution in [-0.4, -0.2) is 16.3 Å². The molecule has 1 N–H and O–H groups in total. The topological polar surface area (TPSA) is 29.9 Å². The average Bonchev–Trinajstić information content (AvgIpc) is 2.60. The summed E-state index contributed by atoms with van der Waals surface area (Å²) in [6, 6.07) is 0.508. The molecule has 0 aromatic carbocycles. The van der Waals surface area contributed by atoms with E-state index < -0.39 is 0 Å². The van der Waals surface area contributed by atoms with Crippen LogP contribution in [0.5, 0.6) is 0 Å². The Hall–Kier alpha value is -0.800. The maximum atomic E-state index is 6.20. The third-order valence-electron chi connectivity index (χ3n) is 2.46. The minimum atomic E-state index is 0.194. The quantitative estimate of drug-likeness (QED) is 0.775. The van der Waals surface area contributed by atoms with Crippen LogP contribution in [0, 0.1) is 0 Å². The molecule has 3 nitrogen and oxygen atoms in total. The number of aromatic nitrogens is 2. The molecular weight excluding hydrogens is 222 g/mol. The summed E-state index contributed by atoms with van der Waals surface area (Å²) in [5.74, 6) is 0. The van der Waals surface area contributed by atoms with Gasteiger partial charge in [-0.25, -0.2) is 0 Å². The Morgan fingerprint density at radius 2 is 2.31 bits per heavy atom. The van der Waals surface area contributed by atoms with Gasteiger partial charge in [-0.1, -0.05) is 24.6 Å². The van der Waals surface area contributed by atoms with Crippen LogP contribution < -0.4 is 5.32 Å². The Balaban J connectivity index is 3.05. The summed E-state index contributed by atoms with van der Waals surface area (Å²) in [5.41, 5.74) is 1.05. The number of hydrogen-bond donors (Lipinski definition) is 1. The van der Waals surface area contributed by atoms with Gasteiger partial charge in [0.25, 0.3) is 0 Å². The highest BCUT2D eigenvalue weighted by molar-refractivity contribution is 6.31. The van der Waals surface area contributed by atoms with Crippen LogP contribution in [0.1, 0.15) is 45.0 Å². The summed E-state index contributed by atoms with van der Waals surface area (Å²) in [6.45, 7) is 11.0. The molecule has 1 rings (SSSR count). The van der Waals surface area contributed by atoms with Crippen LogP contribution in [0.25, 0.3) is 0 Å². The van der Waals surface area contributed by atoms with Crippen molar-refractivity contribution in [2.75, 3.05) is 6.54 Å². The highest BCUT2D eigenvalue weighted by Crippen LogP contribution is 2.27. The average molecular weight is 242 g/mol. The van der Waals surface area contributed by atoms with Crippen molar-refractivity contribution in [3.05, 3.63) is 29.6 Å². The summed E-state index contributed by atoms with van der Waals surface area (Å²) in [5, 5.41) is 8.44. The summed E-state index contributed by atoms with van der Waals surface area (Å²) < 4.78 is 1.97. The maximum Gasteiger partial charge on any atom is 0.0834 e. The minimum Gasteiger partial charge on any atom is -0.309 e. The molecule has 1 unspecified atom stereocenters. The molecule has 1 aromatic heterocycles. The van der Waals surface area contributed by atoms with Crippen molar-refractivity contribution in [2.45, 2.75) is 39.3 Å². The van der Waals surface area contributed by atoms with Crippen molar-refractivity contribution in [3.8, 4) is 0 Å². The van der Waals surface area contributed by atoms with E-state index >= 15 is 0 Å². The second-order valence-electron chi connectivity index (χ2n) is 4.05. The van der Waals surface area contributed by atoms with E-state index in [-0.39, 0.29) is 6.04 Å². The standard InChI is InChI=1S/C12H20ClN3/c1-5-7-11(14-6-2)12-10(13)8-15-16(12)9(3)4/h5,8-9,11,14H,1,6-7H2,2-4H3. The van der Waals surface area contributed by atoms with Crippen LogP contribution >= 0.6 is 11.6 Å². The second-order valence-corrected chi connectivity index (χ2v) is 4.46. The normalized spacial score (nSPS) is 13.1. The van der Waals surface area contributed by atoms with Crippen LogP contribution in [0.3, 0.4) is 0 Å². The minimum absolute atomic E-state index is 0.194. The predicted molar refractivity (Wildman–Crippen MR) is 68.9 cm³/mol.